The molecule has 0 saturated heterocycles. The maximum absolute atomic E-state index is 12.6. The Morgan fingerprint density at radius 3 is 2.25 bits per heavy atom. The van der Waals surface area contributed by atoms with Crippen molar-refractivity contribution in [2.75, 3.05) is 0 Å². The Labute approximate surface area is 161 Å². The van der Waals surface area contributed by atoms with Crippen molar-refractivity contribution in [3.8, 4) is 5.75 Å². The standard InChI is InChI=1S/C21H22F3NO3/c1-20(2,3)25-19(28)15-6-4-5-13(9-15)10-17(26)11-14-7-8-16(12-18(14)27)21(22,23)24/h4-9,12,27H,10-11H2,1-3H3,(H,25,28). The Bertz CT molecular complexity index is 883. The predicted octanol–water partition coefficient (Wildman–Crippen LogP) is 4.29. The highest BCUT2D eigenvalue weighted by Crippen LogP contribution is 2.32. The van der Waals surface area contributed by atoms with Crippen LogP contribution in [0, 0.1) is 0 Å². The second-order valence-electron chi connectivity index (χ2n) is 7.64. The van der Waals surface area contributed by atoms with E-state index in [0.717, 1.165) is 12.1 Å². The zero-order valence-electron chi connectivity index (χ0n) is 15.9. The summed E-state index contributed by atoms with van der Waals surface area (Å²) in [5, 5.41) is 12.6. The van der Waals surface area contributed by atoms with Crippen molar-refractivity contribution >= 4 is 11.7 Å². The minimum Gasteiger partial charge on any atom is -0.508 e. The topological polar surface area (TPSA) is 66.4 Å². The molecule has 0 fully saturated rings. The van der Waals surface area contributed by atoms with Gasteiger partial charge in [-0.2, -0.15) is 13.2 Å². The van der Waals surface area contributed by atoms with Gasteiger partial charge in [-0.25, -0.2) is 0 Å². The Hall–Kier alpha value is -2.83. The van der Waals surface area contributed by atoms with Crippen molar-refractivity contribution in [2.45, 2.75) is 45.3 Å². The molecule has 0 aromatic heterocycles. The lowest BCUT2D eigenvalue weighted by Crippen LogP contribution is -2.40. The second kappa shape index (κ2) is 8.04. The fourth-order valence-corrected chi connectivity index (χ4v) is 2.63. The maximum Gasteiger partial charge on any atom is 0.416 e. The lowest BCUT2D eigenvalue weighted by molar-refractivity contribution is -0.137. The van der Waals surface area contributed by atoms with Crippen molar-refractivity contribution in [3.05, 3.63) is 64.7 Å². The number of hydrogen-bond donors (Lipinski definition) is 2. The van der Waals surface area contributed by atoms with Crippen LogP contribution in [0.1, 0.15) is 47.8 Å². The number of aromatic hydroxyl groups is 1. The van der Waals surface area contributed by atoms with Crippen LogP contribution >= 0.6 is 0 Å². The van der Waals surface area contributed by atoms with Gasteiger partial charge in [0.15, 0.2) is 0 Å². The molecule has 0 aliphatic carbocycles. The average Bonchev–Trinajstić information content (AvgIpc) is 2.54. The van der Waals surface area contributed by atoms with Gasteiger partial charge in [-0.15, -0.1) is 0 Å². The SMILES string of the molecule is CC(C)(C)NC(=O)c1cccc(CC(=O)Cc2ccc(C(F)(F)F)cc2O)c1. The van der Waals surface area contributed by atoms with E-state index in [1.807, 2.05) is 20.8 Å². The second-order valence-corrected chi connectivity index (χ2v) is 7.64. The Morgan fingerprint density at radius 1 is 1.00 bits per heavy atom. The number of halogens is 3. The summed E-state index contributed by atoms with van der Waals surface area (Å²) in [5.74, 6) is -1.12. The van der Waals surface area contributed by atoms with Crippen LogP contribution < -0.4 is 5.32 Å². The first-order chi connectivity index (χ1) is 12.8. The van der Waals surface area contributed by atoms with E-state index in [2.05, 4.69) is 5.32 Å². The minimum atomic E-state index is -4.56. The molecule has 150 valence electrons. The summed E-state index contributed by atoms with van der Waals surface area (Å²) in [7, 11) is 0. The third kappa shape index (κ3) is 6.11. The van der Waals surface area contributed by atoms with E-state index in [0.29, 0.717) is 17.2 Å². The third-order valence-corrected chi connectivity index (χ3v) is 3.88. The summed E-state index contributed by atoms with van der Waals surface area (Å²) in [5.41, 5.74) is -0.225. The van der Waals surface area contributed by atoms with Gasteiger partial charge in [0.1, 0.15) is 11.5 Å². The first-order valence-electron chi connectivity index (χ1n) is 8.67. The van der Waals surface area contributed by atoms with Crippen molar-refractivity contribution in [3.63, 3.8) is 0 Å². The maximum atomic E-state index is 12.6. The number of rotatable bonds is 5. The molecule has 0 bridgehead atoms. The van der Waals surface area contributed by atoms with Crippen LogP contribution in [0.15, 0.2) is 42.5 Å². The van der Waals surface area contributed by atoms with Gasteiger partial charge >= 0.3 is 6.18 Å². The molecule has 0 heterocycles. The number of carbonyl (C=O) groups is 2. The summed E-state index contributed by atoms with van der Waals surface area (Å²) < 4.78 is 37.9. The number of phenolic OH excluding ortho intramolecular Hbond substituents is 1. The number of Topliss-reactive ketones (excluding diaryl/α,β-unsaturated/α-hetero) is 1. The molecule has 0 aliphatic rings. The lowest BCUT2D eigenvalue weighted by Gasteiger charge is -2.20. The van der Waals surface area contributed by atoms with Crippen LogP contribution in [-0.4, -0.2) is 22.3 Å². The summed E-state index contributed by atoms with van der Waals surface area (Å²) in [6.07, 6.45) is -4.77. The van der Waals surface area contributed by atoms with E-state index in [9.17, 15) is 27.9 Å². The summed E-state index contributed by atoms with van der Waals surface area (Å²) in [6, 6.07) is 9.14. The monoisotopic (exact) mass is 393 g/mol. The first kappa shape index (κ1) is 21.5. The highest BCUT2D eigenvalue weighted by atomic mass is 19.4. The Balaban J connectivity index is 2.08. The van der Waals surface area contributed by atoms with Crippen LogP contribution in [-0.2, 0) is 23.8 Å². The molecular weight excluding hydrogens is 371 g/mol. The quantitative estimate of drug-likeness (QED) is 0.796. The van der Waals surface area contributed by atoms with Crippen molar-refractivity contribution in [1.82, 2.24) is 5.32 Å². The molecule has 0 unspecified atom stereocenters. The number of benzene rings is 2. The van der Waals surface area contributed by atoms with Crippen molar-refractivity contribution in [2.24, 2.45) is 0 Å². The van der Waals surface area contributed by atoms with Crippen LogP contribution in [0.5, 0.6) is 5.75 Å². The summed E-state index contributed by atoms with van der Waals surface area (Å²) in [6.45, 7) is 5.57. The highest BCUT2D eigenvalue weighted by Gasteiger charge is 2.31. The molecule has 0 atom stereocenters. The number of carbonyl (C=O) groups excluding carboxylic acids is 2. The zero-order chi connectivity index (χ0) is 21.1. The molecule has 1 amide bonds. The van der Waals surface area contributed by atoms with Crippen LogP contribution in [0.4, 0.5) is 13.2 Å². The van der Waals surface area contributed by atoms with Crippen LogP contribution in [0.25, 0.3) is 0 Å². The number of hydrogen-bond acceptors (Lipinski definition) is 3. The van der Waals surface area contributed by atoms with Gasteiger partial charge in [0.05, 0.1) is 5.56 Å². The summed E-state index contributed by atoms with van der Waals surface area (Å²) >= 11 is 0. The van der Waals surface area contributed by atoms with Gasteiger partial charge in [-0.1, -0.05) is 18.2 Å². The smallest absolute Gasteiger partial charge is 0.416 e. The molecule has 2 N–H and O–H groups in total. The third-order valence-electron chi connectivity index (χ3n) is 3.88. The molecule has 0 aliphatic heterocycles. The largest absolute Gasteiger partial charge is 0.508 e. The zero-order valence-corrected chi connectivity index (χ0v) is 15.9. The molecule has 2 rings (SSSR count). The van der Waals surface area contributed by atoms with Gasteiger partial charge in [0, 0.05) is 29.5 Å². The van der Waals surface area contributed by atoms with Gasteiger partial charge in [0.2, 0.25) is 0 Å². The van der Waals surface area contributed by atoms with E-state index in [-0.39, 0.29) is 30.1 Å². The molecule has 4 nitrogen and oxygen atoms in total. The van der Waals surface area contributed by atoms with Crippen molar-refractivity contribution in [1.29, 1.82) is 0 Å². The number of ketones is 1. The number of phenols is 1. The average molecular weight is 393 g/mol. The van der Waals surface area contributed by atoms with Gasteiger partial charge in [-0.3, -0.25) is 9.59 Å². The van der Waals surface area contributed by atoms with Gasteiger partial charge in [-0.05, 0) is 50.6 Å². The molecule has 2 aromatic rings. The minimum absolute atomic E-state index is 0.00288. The highest BCUT2D eigenvalue weighted by molar-refractivity contribution is 5.95. The van der Waals surface area contributed by atoms with E-state index in [1.165, 1.54) is 0 Å². The Morgan fingerprint density at radius 2 is 1.68 bits per heavy atom. The van der Waals surface area contributed by atoms with E-state index < -0.39 is 23.0 Å². The Kier molecular flexibility index (Phi) is 6.17. The summed E-state index contributed by atoms with van der Waals surface area (Å²) in [4.78, 5) is 24.5. The molecule has 0 saturated carbocycles. The number of alkyl halides is 3. The van der Waals surface area contributed by atoms with Gasteiger partial charge < -0.3 is 10.4 Å². The number of amides is 1. The fourth-order valence-electron chi connectivity index (χ4n) is 2.63. The fraction of sp³-hybridized carbons (Fsp3) is 0.333. The first-order valence-corrected chi connectivity index (χ1v) is 8.67. The molecular formula is C21H22F3NO3. The molecule has 7 heteroatoms. The number of nitrogens with one attached hydrogen (secondary N) is 1. The van der Waals surface area contributed by atoms with Crippen LogP contribution in [0.2, 0.25) is 0 Å². The predicted molar refractivity (Wildman–Crippen MR) is 99.2 cm³/mol. The van der Waals surface area contributed by atoms with E-state index in [1.54, 1.807) is 24.3 Å². The molecule has 0 spiro atoms. The normalized spacial score (nSPS) is 11.9. The van der Waals surface area contributed by atoms with Crippen molar-refractivity contribution < 1.29 is 27.9 Å². The molecule has 28 heavy (non-hydrogen) atoms. The van der Waals surface area contributed by atoms with Crippen LogP contribution in [0.3, 0.4) is 0 Å². The van der Waals surface area contributed by atoms with E-state index in [4.69, 9.17) is 0 Å². The van der Waals surface area contributed by atoms with E-state index >= 15 is 0 Å². The van der Waals surface area contributed by atoms with Gasteiger partial charge in [0.25, 0.3) is 5.91 Å². The lowest BCUT2D eigenvalue weighted by atomic mass is 9.99. The molecule has 2 aromatic carbocycles. The molecule has 0 radical (unpaired) electrons.